The number of carboxylic acids is 1. The zero-order chi connectivity index (χ0) is 13.5. The Labute approximate surface area is 107 Å². The van der Waals surface area contributed by atoms with Crippen LogP contribution in [0.15, 0.2) is 24.3 Å². The summed E-state index contributed by atoms with van der Waals surface area (Å²) >= 11 is 0. The molecule has 0 spiro atoms. The average Bonchev–Trinajstić information content (AvgIpc) is 2.38. The van der Waals surface area contributed by atoms with Crippen molar-refractivity contribution in [3.8, 4) is 0 Å². The Morgan fingerprint density at radius 1 is 1.22 bits per heavy atom. The van der Waals surface area contributed by atoms with Crippen LogP contribution in [0.5, 0.6) is 0 Å². The SMILES string of the molecule is CCCCCC(=O)N(C)c1ccccc1C(=O)O. The Hall–Kier alpha value is -1.84. The number of para-hydroxylation sites is 1. The average molecular weight is 249 g/mol. The normalized spacial score (nSPS) is 10.1. The molecule has 0 fully saturated rings. The van der Waals surface area contributed by atoms with Gasteiger partial charge in [-0.3, -0.25) is 4.79 Å². The minimum atomic E-state index is -1.01. The van der Waals surface area contributed by atoms with Crippen molar-refractivity contribution in [2.45, 2.75) is 32.6 Å². The molecule has 0 unspecified atom stereocenters. The van der Waals surface area contributed by atoms with E-state index in [1.807, 2.05) is 0 Å². The number of carboxylic acid groups (broad SMARTS) is 1. The molecular weight excluding hydrogens is 230 g/mol. The van der Waals surface area contributed by atoms with Crippen molar-refractivity contribution in [1.82, 2.24) is 0 Å². The highest BCUT2D eigenvalue weighted by Crippen LogP contribution is 2.20. The number of rotatable bonds is 6. The molecule has 18 heavy (non-hydrogen) atoms. The van der Waals surface area contributed by atoms with E-state index < -0.39 is 5.97 Å². The topological polar surface area (TPSA) is 57.6 Å². The molecule has 4 heteroatoms. The van der Waals surface area contributed by atoms with Gasteiger partial charge < -0.3 is 10.0 Å². The Kier molecular flexibility index (Phi) is 5.36. The molecule has 1 aromatic rings. The lowest BCUT2D eigenvalue weighted by molar-refractivity contribution is -0.118. The predicted molar refractivity (Wildman–Crippen MR) is 71.0 cm³/mol. The van der Waals surface area contributed by atoms with Crippen LogP contribution in [0.25, 0.3) is 0 Å². The molecule has 0 atom stereocenters. The largest absolute Gasteiger partial charge is 0.478 e. The first-order valence-electron chi connectivity index (χ1n) is 6.16. The molecule has 0 aromatic heterocycles. The van der Waals surface area contributed by atoms with E-state index in [0.717, 1.165) is 19.3 Å². The molecule has 98 valence electrons. The molecule has 0 saturated carbocycles. The Morgan fingerprint density at radius 2 is 1.89 bits per heavy atom. The summed E-state index contributed by atoms with van der Waals surface area (Å²) in [6.45, 7) is 2.08. The van der Waals surface area contributed by atoms with Crippen molar-refractivity contribution >= 4 is 17.6 Å². The van der Waals surface area contributed by atoms with Gasteiger partial charge in [0.2, 0.25) is 5.91 Å². The lowest BCUT2D eigenvalue weighted by Gasteiger charge is -2.19. The van der Waals surface area contributed by atoms with Gasteiger partial charge in [0.25, 0.3) is 0 Å². The first-order chi connectivity index (χ1) is 8.57. The van der Waals surface area contributed by atoms with E-state index in [1.165, 1.54) is 11.0 Å². The molecule has 1 rings (SSSR count). The molecule has 0 heterocycles. The maximum atomic E-state index is 11.9. The minimum absolute atomic E-state index is 0.0443. The quantitative estimate of drug-likeness (QED) is 0.788. The van der Waals surface area contributed by atoms with Gasteiger partial charge in [0.05, 0.1) is 11.3 Å². The van der Waals surface area contributed by atoms with Gasteiger partial charge in [-0.05, 0) is 18.6 Å². The zero-order valence-corrected chi connectivity index (χ0v) is 10.8. The molecule has 0 aliphatic carbocycles. The number of hydrogen-bond acceptors (Lipinski definition) is 2. The molecule has 0 saturated heterocycles. The van der Waals surface area contributed by atoms with Crippen LogP contribution in [0.2, 0.25) is 0 Å². The number of benzene rings is 1. The molecule has 0 aliphatic rings. The lowest BCUT2D eigenvalue weighted by Crippen LogP contribution is -2.27. The molecule has 0 aliphatic heterocycles. The summed E-state index contributed by atoms with van der Waals surface area (Å²) < 4.78 is 0. The molecule has 0 bridgehead atoms. The van der Waals surface area contributed by atoms with Crippen LogP contribution < -0.4 is 4.90 Å². The van der Waals surface area contributed by atoms with Gasteiger partial charge in [-0.2, -0.15) is 0 Å². The van der Waals surface area contributed by atoms with Gasteiger partial charge in [-0.15, -0.1) is 0 Å². The summed E-state index contributed by atoms with van der Waals surface area (Å²) in [5, 5.41) is 9.07. The molecular formula is C14H19NO3. The smallest absolute Gasteiger partial charge is 0.337 e. The summed E-state index contributed by atoms with van der Waals surface area (Å²) in [6.07, 6.45) is 3.37. The number of unbranched alkanes of at least 4 members (excludes halogenated alkanes) is 2. The summed E-state index contributed by atoms with van der Waals surface area (Å²) in [5.74, 6) is -1.06. The number of hydrogen-bond donors (Lipinski definition) is 1. The molecule has 0 radical (unpaired) electrons. The van der Waals surface area contributed by atoms with Crippen LogP contribution in [0.1, 0.15) is 43.0 Å². The molecule has 4 nitrogen and oxygen atoms in total. The van der Waals surface area contributed by atoms with Gasteiger partial charge in [-0.25, -0.2) is 4.79 Å². The van der Waals surface area contributed by atoms with E-state index >= 15 is 0 Å². The van der Waals surface area contributed by atoms with E-state index in [9.17, 15) is 9.59 Å². The maximum Gasteiger partial charge on any atom is 0.337 e. The number of anilines is 1. The van der Waals surface area contributed by atoms with Crippen molar-refractivity contribution in [1.29, 1.82) is 0 Å². The first kappa shape index (κ1) is 14.2. The third-order valence-corrected chi connectivity index (χ3v) is 2.86. The van der Waals surface area contributed by atoms with E-state index in [0.29, 0.717) is 12.1 Å². The van der Waals surface area contributed by atoms with E-state index in [4.69, 9.17) is 5.11 Å². The monoisotopic (exact) mass is 249 g/mol. The Morgan fingerprint density at radius 3 is 2.50 bits per heavy atom. The van der Waals surface area contributed by atoms with Crippen LogP contribution in [-0.2, 0) is 4.79 Å². The fraction of sp³-hybridized carbons (Fsp3) is 0.429. The zero-order valence-electron chi connectivity index (χ0n) is 10.8. The van der Waals surface area contributed by atoms with Crippen molar-refractivity contribution in [2.75, 3.05) is 11.9 Å². The number of carbonyl (C=O) groups is 2. The van der Waals surface area contributed by atoms with Crippen molar-refractivity contribution < 1.29 is 14.7 Å². The fourth-order valence-corrected chi connectivity index (χ4v) is 1.78. The van der Waals surface area contributed by atoms with Gasteiger partial charge in [0.15, 0.2) is 0 Å². The highest BCUT2D eigenvalue weighted by molar-refractivity contribution is 6.01. The standard InChI is InChI=1S/C14H19NO3/c1-3-4-5-10-13(16)15(2)12-9-7-6-8-11(12)14(17)18/h6-9H,3-5,10H2,1-2H3,(H,17,18). The third-order valence-electron chi connectivity index (χ3n) is 2.86. The summed E-state index contributed by atoms with van der Waals surface area (Å²) in [7, 11) is 1.62. The van der Waals surface area contributed by atoms with Crippen molar-refractivity contribution in [3.05, 3.63) is 29.8 Å². The van der Waals surface area contributed by atoms with E-state index in [1.54, 1.807) is 25.2 Å². The molecule has 1 amide bonds. The Bertz CT molecular complexity index is 429. The maximum absolute atomic E-state index is 11.9. The second-order valence-corrected chi connectivity index (χ2v) is 4.23. The van der Waals surface area contributed by atoms with Crippen LogP contribution in [0, 0.1) is 0 Å². The summed E-state index contributed by atoms with van der Waals surface area (Å²) in [5.41, 5.74) is 0.607. The third kappa shape index (κ3) is 3.58. The fourth-order valence-electron chi connectivity index (χ4n) is 1.78. The van der Waals surface area contributed by atoms with Crippen molar-refractivity contribution in [2.24, 2.45) is 0 Å². The molecule has 1 N–H and O–H groups in total. The highest BCUT2D eigenvalue weighted by Gasteiger charge is 2.17. The summed E-state index contributed by atoms with van der Waals surface area (Å²) in [6, 6.07) is 6.55. The number of aromatic carboxylic acids is 1. The second kappa shape index (κ2) is 6.79. The lowest BCUT2D eigenvalue weighted by atomic mass is 10.1. The van der Waals surface area contributed by atoms with Crippen LogP contribution in [0.4, 0.5) is 5.69 Å². The van der Waals surface area contributed by atoms with Crippen LogP contribution in [0.3, 0.4) is 0 Å². The first-order valence-corrected chi connectivity index (χ1v) is 6.16. The predicted octanol–water partition coefficient (Wildman–Crippen LogP) is 2.93. The number of carbonyl (C=O) groups excluding carboxylic acids is 1. The second-order valence-electron chi connectivity index (χ2n) is 4.23. The van der Waals surface area contributed by atoms with Gasteiger partial charge in [0.1, 0.15) is 0 Å². The molecule has 1 aromatic carbocycles. The van der Waals surface area contributed by atoms with Gasteiger partial charge in [0, 0.05) is 13.5 Å². The van der Waals surface area contributed by atoms with E-state index in [-0.39, 0.29) is 11.5 Å². The Balaban J connectivity index is 2.80. The number of nitrogens with zero attached hydrogens (tertiary/aromatic N) is 1. The van der Waals surface area contributed by atoms with Crippen molar-refractivity contribution in [3.63, 3.8) is 0 Å². The van der Waals surface area contributed by atoms with Crippen LogP contribution in [-0.4, -0.2) is 24.0 Å². The van der Waals surface area contributed by atoms with E-state index in [2.05, 4.69) is 6.92 Å². The minimum Gasteiger partial charge on any atom is -0.478 e. The summed E-state index contributed by atoms with van der Waals surface area (Å²) in [4.78, 5) is 24.4. The highest BCUT2D eigenvalue weighted by atomic mass is 16.4. The van der Waals surface area contributed by atoms with Gasteiger partial charge in [-0.1, -0.05) is 31.9 Å². The van der Waals surface area contributed by atoms with Crippen LogP contribution >= 0.6 is 0 Å². The van der Waals surface area contributed by atoms with Gasteiger partial charge >= 0.3 is 5.97 Å². The number of amides is 1.